The van der Waals surface area contributed by atoms with E-state index in [4.69, 9.17) is 4.74 Å². The topological polar surface area (TPSA) is 46.2 Å². The number of ether oxygens (including phenoxy) is 1. The van der Waals surface area contributed by atoms with Crippen LogP contribution in [0.5, 0.6) is 0 Å². The van der Waals surface area contributed by atoms with Crippen molar-refractivity contribution in [2.75, 3.05) is 30.8 Å². The minimum Gasteiger partial charge on any atom is -0.377 e. The first-order valence-electron chi connectivity index (χ1n) is 6.30. The average molecular weight is 291 g/mol. The van der Waals surface area contributed by atoms with Crippen LogP contribution in [0.1, 0.15) is 26.3 Å². The van der Waals surface area contributed by atoms with Gasteiger partial charge in [0.2, 0.25) is 0 Å². The number of methoxy groups -OCH3 is 1. The number of rotatable bonds is 6. The third-order valence-corrected chi connectivity index (χ3v) is 2.76. The Morgan fingerprint density at radius 3 is 2.15 bits per heavy atom. The van der Waals surface area contributed by atoms with Crippen LogP contribution in [-0.2, 0) is 10.9 Å². The standard InChI is InChI=1S/C13H20F3N3O/c1-5-17-10-6-9(13(14,15)16)7-11(19-10)18-8-12(2,3)20-4/h6-7H,5,8H2,1-4H3,(H2,17,18,19). The van der Waals surface area contributed by atoms with Crippen LogP contribution in [0.3, 0.4) is 0 Å². The van der Waals surface area contributed by atoms with E-state index in [2.05, 4.69) is 15.6 Å². The lowest BCUT2D eigenvalue weighted by Crippen LogP contribution is -2.32. The number of hydrogen-bond acceptors (Lipinski definition) is 4. The second kappa shape index (κ2) is 6.30. The quantitative estimate of drug-likeness (QED) is 0.843. The van der Waals surface area contributed by atoms with Gasteiger partial charge in [0.1, 0.15) is 11.6 Å². The van der Waals surface area contributed by atoms with Crippen LogP contribution >= 0.6 is 0 Å². The second-order valence-electron chi connectivity index (χ2n) is 4.97. The van der Waals surface area contributed by atoms with Crippen LogP contribution in [0.2, 0.25) is 0 Å². The van der Waals surface area contributed by atoms with Crippen molar-refractivity contribution in [3.63, 3.8) is 0 Å². The molecule has 1 rings (SSSR count). The maximum Gasteiger partial charge on any atom is 0.416 e. The van der Waals surface area contributed by atoms with E-state index < -0.39 is 17.3 Å². The summed E-state index contributed by atoms with van der Waals surface area (Å²) < 4.78 is 43.7. The maximum absolute atomic E-state index is 12.8. The fourth-order valence-electron chi connectivity index (χ4n) is 1.43. The Balaban J connectivity index is 2.97. The zero-order valence-electron chi connectivity index (χ0n) is 12.1. The lowest BCUT2D eigenvalue weighted by molar-refractivity contribution is -0.137. The lowest BCUT2D eigenvalue weighted by Gasteiger charge is -2.24. The van der Waals surface area contributed by atoms with Crippen molar-refractivity contribution in [1.82, 2.24) is 4.98 Å². The van der Waals surface area contributed by atoms with Gasteiger partial charge < -0.3 is 15.4 Å². The van der Waals surface area contributed by atoms with E-state index in [0.29, 0.717) is 13.1 Å². The molecule has 0 aromatic carbocycles. The predicted molar refractivity (Wildman–Crippen MR) is 73.0 cm³/mol. The molecular formula is C13H20F3N3O. The minimum atomic E-state index is -4.40. The Kier molecular flexibility index (Phi) is 5.21. The van der Waals surface area contributed by atoms with E-state index in [1.54, 1.807) is 14.0 Å². The number of nitrogens with zero attached hydrogens (tertiary/aromatic N) is 1. The molecule has 0 unspecified atom stereocenters. The van der Waals surface area contributed by atoms with Crippen LogP contribution in [0.25, 0.3) is 0 Å². The molecule has 0 atom stereocenters. The Bertz CT molecular complexity index is 447. The van der Waals surface area contributed by atoms with Crippen molar-refractivity contribution in [2.45, 2.75) is 32.5 Å². The first-order valence-corrected chi connectivity index (χ1v) is 6.30. The zero-order chi connectivity index (χ0) is 15.4. The average Bonchev–Trinajstić information content (AvgIpc) is 2.36. The molecule has 114 valence electrons. The summed E-state index contributed by atoms with van der Waals surface area (Å²) in [6, 6.07) is 1.99. The van der Waals surface area contributed by atoms with Crippen LogP contribution in [0.15, 0.2) is 12.1 Å². The highest BCUT2D eigenvalue weighted by molar-refractivity contribution is 5.49. The molecule has 0 aliphatic carbocycles. The molecule has 0 aliphatic heterocycles. The highest BCUT2D eigenvalue weighted by Gasteiger charge is 2.31. The van der Waals surface area contributed by atoms with Gasteiger partial charge in [-0.05, 0) is 32.9 Å². The molecule has 1 heterocycles. The third kappa shape index (κ3) is 4.88. The molecule has 0 fully saturated rings. The number of hydrogen-bond donors (Lipinski definition) is 2. The lowest BCUT2D eigenvalue weighted by atomic mass is 10.1. The third-order valence-electron chi connectivity index (χ3n) is 2.76. The number of nitrogens with one attached hydrogen (secondary N) is 2. The molecule has 0 aliphatic rings. The summed E-state index contributed by atoms with van der Waals surface area (Å²) in [6.45, 7) is 6.31. The van der Waals surface area contributed by atoms with Crippen molar-refractivity contribution < 1.29 is 17.9 Å². The Labute approximate surface area is 116 Å². The largest absolute Gasteiger partial charge is 0.416 e. The van der Waals surface area contributed by atoms with Gasteiger partial charge >= 0.3 is 6.18 Å². The van der Waals surface area contributed by atoms with E-state index >= 15 is 0 Å². The SMILES string of the molecule is CCNc1cc(C(F)(F)F)cc(NCC(C)(C)OC)n1. The van der Waals surface area contributed by atoms with Gasteiger partial charge in [-0.1, -0.05) is 0 Å². The second-order valence-corrected chi connectivity index (χ2v) is 4.97. The zero-order valence-corrected chi connectivity index (χ0v) is 12.1. The van der Waals surface area contributed by atoms with Crippen molar-refractivity contribution in [3.05, 3.63) is 17.7 Å². The molecule has 0 saturated carbocycles. The molecule has 0 saturated heterocycles. The van der Waals surface area contributed by atoms with Crippen LogP contribution in [-0.4, -0.2) is 30.8 Å². The highest BCUT2D eigenvalue weighted by atomic mass is 19.4. The van der Waals surface area contributed by atoms with Crippen LogP contribution in [0, 0.1) is 0 Å². The smallest absolute Gasteiger partial charge is 0.377 e. The molecule has 4 nitrogen and oxygen atoms in total. The van der Waals surface area contributed by atoms with Gasteiger partial charge in [0.25, 0.3) is 0 Å². The van der Waals surface area contributed by atoms with E-state index in [1.165, 1.54) is 0 Å². The van der Waals surface area contributed by atoms with E-state index in [-0.39, 0.29) is 11.6 Å². The number of anilines is 2. The van der Waals surface area contributed by atoms with Crippen molar-refractivity contribution in [3.8, 4) is 0 Å². The molecule has 0 bridgehead atoms. The highest BCUT2D eigenvalue weighted by Crippen LogP contribution is 2.32. The van der Waals surface area contributed by atoms with E-state index in [0.717, 1.165) is 12.1 Å². The maximum atomic E-state index is 12.8. The van der Waals surface area contributed by atoms with E-state index in [1.807, 2.05) is 13.8 Å². The van der Waals surface area contributed by atoms with Gasteiger partial charge in [-0.2, -0.15) is 13.2 Å². The molecule has 1 aromatic heterocycles. The number of halogens is 3. The summed E-state index contributed by atoms with van der Waals surface area (Å²) >= 11 is 0. The van der Waals surface area contributed by atoms with Gasteiger partial charge in [0.05, 0.1) is 11.2 Å². The summed E-state index contributed by atoms with van der Waals surface area (Å²) in [5.41, 5.74) is -1.23. The summed E-state index contributed by atoms with van der Waals surface area (Å²) in [7, 11) is 1.55. The molecule has 0 radical (unpaired) electrons. The summed E-state index contributed by atoms with van der Waals surface area (Å²) in [6.07, 6.45) is -4.40. The van der Waals surface area contributed by atoms with Crippen molar-refractivity contribution >= 4 is 11.6 Å². The number of pyridine rings is 1. The van der Waals surface area contributed by atoms with Crippen molar-refractivity contribution in [2.24, 2.45) is 0 Å². The van der Waals surface area contributed by atoms with E-state index in [9.17, 15) is 13.2 Å². The van der Waals surface area contributed by atoms with Crippen LogP contribution < -0.4 is 10.6 Å². The molecule has 1 aromatic rings. The van der Waals surface area contributed by atoms with Crippen molar-refractivity contribution in [1.29, 1.82) is 0 Å². The summed E-state index contributed by atoms with van der Waals surface area (Å²) in [5.74, 6) is 0.362. The molecule has 0 spiro atoms. The fraction of sp³-hybridized carbons (Fsp3) is 0.615. The van der Waals surface area contributed by atoms with Gasteiger partial charge in [0, 0.05) is 20.2 Å². The van der Waals surface area contributed by atoms with Crippen LogP contribution in [0.4, 0.5) is 24.8 Å². The molecule has 2 N–H and O–H groups in total. The molecule has 20 heavy (non-hydrogen) atoms. The number of alkyl halides is 3. The fourth-order valence-corrected chi connectivity index (χ4v) is 1.43. The monoisotopic (exact) mass is 291 g/mol. The molecule has 0 amide bonds. The Hall–Kier alpha value is -1.50. The van der Waals surface area contributed by atoms with Gasteiger partial charge in [-0.3, -0.25) is 0 Å². The minimum absolute atomic E-state index is 0.168. The summed E-state index contributed by atoms with van der Waals surface area (Å²) in [4.78, 5) is 4.10. The first kappa shape index (κ1) is 16.6. The first-order chi connectivity index (χ1) is 9.18. The van der Waals surface area contributed by atoms with Gasteiger partial charge in [-0.25, -0.2) is 4.98 Å². The normalized spacial score (nSPS) is 12.3. The molecular weight excluding hydrogens is 271 g/mol. The Morgan fingerprint density at radius 1 is 1.15 bits per heavy atom. The number of aromatic nitrogens is 1. The Morgan fingerprint density at radius 2 is 1.70 bits per heavy atom. The van der Waals surface area contributed by atoms with Gasteiger partial charge in [0.15, 0.2) is 0 Å². The van der Waals surface area contributed by atoms with Gasteiger partial charge in [-0.15, -0.1) is 0 Å². The molecule has 7 heteroatoms. The predicted octanol–water partition coefficient (Wildman–Crippen LogP) is 3.37. The summed E-state index contributed by atoms with van der Waals surface area (Å²) in [5, 5.41) is 5.66.